The second kappa shape index (κ2) is 9.49. The van der Waals surface area contributed by atoms with Crippen LogP contribution in [0.15, 0.2) is 24.3 Å². The molecule has 0 spiro atoms. The van der Waals surface area contributed by atoms with Crippen molar-refractivity contribution < 1.29 is 23.9 Å². The number of anilines is 1. The molecule has 0 saturated carbocycles. The number of hydrogen-bond acceptors (Lipinski definition) is 6. The summed E-state index contributed by atoms with van der Waals surface area (Å²) in [6.07, 6.45) is 0.397. The Balaban J connectivity index is 1.56. The summed E-state index contributed by atoms with van der Waals surface area (Å²) in [4.78, 5) is 40.0. The van der Waals surface area contributed by atoms with Gasteiger partial charge in [0.05, 0.1) is 25.4 Å². The molecule has 158 valence electrons. The maximum absolute atomic E-state index is 12.7. The first kappa shape index (κ1) is 20.8. The zero-order valence-electron chi connectivity index (χ0n) is 16.8. The third kappa shape index (κ3) is 5.10. The van der Waals surface area contributed by atoms with Crippen molar-refractivity contribution in [2.75, 3.05) is 44.7 Å². The second-order valence-corrected chi connectivity index (χ2v) is 7.10. The van der Waals surface area contributed by atoms with Crippen LogP contribution in [0.2, 0.25) is 0 Å². The lowest BCUT2D eigenvalue weighted by Gasteiger charge is -2.36. The maximum Gasteiger partial charge on any atom is 0.409 e. The Morgan fingerprint density at radius 3 is 2.62 bits per heavy atom. The molecule has 29 heavy (non-hydrogen) atoms. The molecular formula is C20H28N4O5. The number of hydrogen-bond donors (Lipinski definition) is 2. The Morgan fingerprint density at radius 1 is 1.21 bits per heavy atom. The van der Waals surface area contributed by atoms with Gasteiger partial charge < -0.3 is 29.9 Å². The van der Waals surface area contributed by atoms with Crippen LogP contribution in [0.5, 0.6) is 5.75 Å². The van der Waals surface area contributed by atoms with Gasteiger partial charge in [-0.25, -0.2) is 4.79 Å². The van der Waals surface area contributed by atoms with E-state index in [9.17, 15) is 14.4 Å². The molecule has 9 heteroatoms. The monoisotopic (exact) mass is 404 g/mol. The van der Waals surface area contributed by atoms with Crippen LogP contribution in [-0.2, 0) is 14.3 Å². The molecule has 0 radical (unpaired) electrons. The lowest BCUT2D eigenvalue weighted by atomic mass is 10.1. The number of piperidine rings is 1. The second-order valence-electron chi connectivity index (χ2n) is 7.10. The average molecular weight is 404 g/mol. The molecular weight excluding hydrogens is 376 g/mol. The van der Waals surface area contributed by atoms with Crippen LogP contribution < -0.4 is 20.3 Å². The van der Waals surface area contributed by atoms with Crippen molar-refractivity contribution >= 4 is 23.6 Å². The van der Waals surface area contributed by atoms with Gasteiger partial charge in [0.15, 0.2) is 6.10 Å². The van der Waals surface area contributed by atoms with Gasteiger partial charge in [-0.2, -0.15) is 0 Å². The zero-order chi connectivity index (χ0) is 20.8. The van der Waals surface area contributed by atoms with Gasteiger partial charge >= 0.3 is 6.09 Å². The van der Waals surface area contributed by atoms with E-state index in [1.165, 1.54) is 0 Å². The Kier molecular flexibility index (Phi) is 6.79. The molecule has 1 fully saturated rings. The summed E-state index contributed by atoms with van der Waals surface area (Å²) in [6.45, 7) is 3.68. The third-order valence-electron chi connectivity index (χ3n) is 5.12. The van der Waals surface area contributed by atoms with Gasteiger partial charge in [0.1, 0.15) is 5.75 Å². The lowest BCUT2D eigenvalue weighted by molar-refractivity contribution is -0.128. The number of rotatable bonds is 5. The van der Waals surface area contributed by atoms with Crippen LogP contribution in [0.25, 0.3) is 0 Å². The highest BCUT2D eigenvalue weighted by molar-refractivity contribution is 5.86. The van der Waals surface area contributed by atoms with Crippen molar-refractivity contribution in [3.05, 3.63) is 24.3 Å². The number of likely N-dealkylation sites (N-methyl/N-ethyl adjacent to an activating group) is 1. The molecule has 3 rings (SSSR count). The first-order valence-corrected chi connectivity index (χ1v) is 9.95. The van der Waals surface area contributed by atoms with E-state index in [0.29, 0.717) is 44.8 Å². The molecule has 1 aromatic carbocycles. The normalized spacial score (nSPS) is 19.0. The number of amides is 3. The summed E-state index contributed by atoms with van der Waals surface area (Å²) in [5.41, 5.74) is 0.792. The van der Waals surface area contributed by atoms with Crippen LogP contribution >= 0.6 is 0 Å². The number of likely N-dealkylation sites (tertiary alicyclic amines) is 1. The predicted molar refractivity (Wildman–Crippen MR) is 107 cm³/mol. The Labute approximate surface area is 170 Å². The van der Waals surface area contributed by atoms with Crippen LogP contribution in [0, 0.1) is 0 Å². The van der Waals surface area contributed by atoms with Gasteiger partial charge in [0.25, 0.3) is 5.91 Å². The number of nitrogens with zero attached hydrogens (tertiary/aromatic N) is 2. The van der Waals surface area contributed by atoms with E-state index >= 15 is 0 Å². The van der Waals surface area contributed by atoms with E-state index in [-0.39, 0.29) is 30.5 Å². The number of nitrogens with one attached hydrogen (secondary N) is 2. The molecule has 3 amide bonds. The molecule has 0 aromatic heterocycles. The topological polar surface area (TPSA) is 100 Å². The van der Waals surface area contributed by atoms with Gasteiger partial charge in [0.2, 0.25) is 5.91 Å². The fourth-order valence-electron chi connectivity index (χ4n) is 3.62. The van der Waals surface area contributed by atoms with E-state index in [2.05, 4.69) is 10.6 Å². The lowest BCUT2D eigenvalue weighted by Crippen LogP contribution is -2.52. The highest BCUT2D eigenvalue weighted by atomic mass is 16.6. The van der Waals surface area contributed by atoms with E-state index in [4.69, 9.17) is 9.47 Å². The molecule has 2 heterocycles. The van der Waals surface area contributed by atoms with Crippen molar-refractivity contribution in [2.24, 2.45) is 0 Å². The van der Waals surface area contributed by atoms with Crippen LogP contribution in [0.1, 0.15) is 19.8 Å². The molecule has 0 bridgehead atoms. The summed E-state index contributed by atoms with van der Waals surface area (Å²) in [7, 11) is 1.56. The number of carbonyl (C=O) groups is 3. The van der Waals surface area contributed by atoms with Gasteiger partial charge in [-0.3, -0.25) is 9.59 Å². The number of ether oxygens (including phenoxy) is 2. The standard InChI is InChI=1S/C20H28N4O5/c1-3-28-20(27)23-10-8-14(9-11-23)22-18(25)13-24-12-17(19(26)21-2)29-16-7-5-4-6-15(16)24/h4-7,14,17H,3,8-13H2,1-2H3,(H,21,26)(H,22,25)/t17-/m1/s1. The summed E-state index contributed by atoms with van der Waals surface area (Å²) >= 11 is 0. The molecule has 2 N–H and O–H groups in total. The number of fused-ring (bicyclic) bond motifs is 1. The summed E-state index contributed by atoms with van der Waals surface area (Å²) < 4.78 is 10.8. The van der Waals surface area contributed by atoms with Crippen molar-refractivity contribution in [2.45, 2.75) is 31.9 Å². The minimum absolute atomic E-state index is 0.0131. The largest absolute Gasteiger partial charge is 0.477 e. The smallest absolute Gasteiger partial charge is 0.409 e. The Bertz CT molecular complexity index is 748. The Morgan fingerprint density at radius 2 is 1.93 bits per heavy atom. The SMILES string of the molecule is CCOC(=O)N1CCC(NC(=O)CN2C[C@H](C(=O)NC)Oc3ccccc32)CC1. The van der Waals surface area contributed by atoms with E-state index in [0.717, 1.165) is 5.69 Å². The molecule has 1 saturated heterocycles. The number of carbonyl (C=O) groups excluding carboxylic acids is 3. The first-order chi connectivity index (χ1) is 14.0. The van der Waals surface area contributed by atoms with Gasteiger partial charge in [-0.1, -0.05) is 12.1 Å². The minimum Gasteiger partial charge on any atom is -0.477 e. The maximum atomic E-state index is 12.7. The highest BCUT2D eigenvalue weighted by Crippen LogP contribution is 2.32. The third-order valence-corrected chi connectivity index (χ3v) is 5.12. The minimum atomic E-state index is -0.671. The fraction of sp³-hybridized carbons (Fsp3) is 0.550. The molecule has 9 nitrogen and oxygen atoms in total. The average Bonchev–Trinajstić information content (AvgIpc) is 2.73. The van der Waals surface area contributed by atoms with Crippen molar-refractivity contribution in [3.63, 3.8) is 0 Å². The molecule has 2 aliphatic rings. The summed E-state index contributed by atoms with van der Waals surface area (Å²) in [5, 5.41) is 5.64. The molecule has 2 aliphatic heterocycles. The van der Waals surface area contributed by atoms with Gasteiger partial charge in [-0.15, -0.1) is 0 Å². The van der Waals surface area contributed by atoms with E-state index in [1.807, 2.05) is 23.1 Å². The molecule has 1 atom stereocenters. The number of benzene rings is 1. The predicted octanol–water partition coefficient (Wildman–Crippen LogP) is 0.737. The van der Waals surface area contributed by atoms with Crippen LogP contribution in [0.3, 0.4) is 0 Å². The molecule has 0 unspecified atom stereocenters. The Hall–Kier alpha value is -2.97. The quantitative estimate of drug-likeness (QED) is 0.751. The summed E-state index contributed by atoms with van der Waals surface area (Å²) in [6, 6.07) is 7.39. The van der Waals surface area contributed by atoms with Crippen LogP contribution in [0.4, 0.5) is 10.5 Å². The van der Waals surface area contributed by atoms with Crippen LogP contribution in [-0.4, -0.2) is 74.8 Å². The van der Waals surface area contributed by atoms with Crippen molar-refractivity contribution in [1.82, 2.24) is 15.5 Å². The molecule has 0 aliphatic carbocycles. The zero-order valence-corrected chi connectivity index (χ0v) is 16.8. The van der Waals surface area contributed by atoms with Crippen molar-refractivity contribution in [1.29, 1.82) is 0 Å². The van der Waals surface area contributed by atoms with Gasteiger partial charge in [-0.05, 0) is 31.9 Å². The fourth-order valence-corrected chi connectivity index (χ4v) is 3.62. The van der Waals surface area contributed by atoms with Crippen molar-refractivity contribution in [3.8, 4) is 5.75 Å². The summed E-state index contributed by atoms with van der Waals surface area (Å²) in [5.74, 6) is 0.242. The van der Waals surface area contributed by atoms with E-state index in [1.54, 1.807) is 24.9 Å². The van der Waals surface area contributed by atoms with Gasteiger partial charge in [0, 0.05) is 26.2 Å². The number of para-hydroxylation sites is 2. The highest BCUT2D eigenvalue weighted by Gasteiger charge is 2.31. The molecule has 1 aromatic rings. The first-order valence-electron chi connectivity index (χ1n) is 9.95. The van der Waals surface area contributed by atoms with E-state index < -0.39 is 6.10 Å².